The summed E-state index contributed by atoms with van der Waals surface area (Å²) < 4.78 is 13.2. The molecular formula is C21H22FN5O2S. The Balaban J connectivity index is 1.21. The molecule has 0 unspecified atom stereocenters. The van der Waals surface area contributed by atoms with Crippen molar-refractivity contribution in [3.63, 3.8) is 0 Å². The topological polar surface area (TPSA) is 78.4 Å². The number of aromatic nitrogens is 2. The Hall–Kier alpha value is -3.07. The number of hydrogen-bond acceptors (Lipinski definition) is 6. The van der Waals surface area contributed by atoms with E-state index in [0.29, 0.717) is 31.7 Å². The molecule has 4 rings (SSSR count). The maximum absolute atomic E-state index is 13.2. The molecule has 1 fully saturated rings. The molecule has 1 N–H and O–H groups in total. The number of fused-ring (bicyclic) bond motifs is 1. The fraction of sp³-hybridized carbons (Fsp3) is 0.333. The number of pyridine rings is 1. The molecular weight excluding hydrogens is 405 g/mol. The van der Waals surface area contributed by atoms with Crippen LogP contribution in [0.1, 0.15) is 18.4 Å². The third-order valence-corrected chi connectivity index (χ3v) is 6.04. The number of halogens is 1. The SMILES string of the molecule is O=C(CCC(=O)N1CCN(c2nc3cccnc3s2)CC1)NCc1cccc(F)c1. The van der Waals surface area contributed by atoms with Gasteiger partial charge in [0.2, 0.25) is 11.8 Å². The van der Waals surface area contributed by atoms with Crippen molar-refractivity contribution in [3.05, 3.63) is 54.0 Å². The molecule has 3 aromatic rings. The number of benzene rings is 1. The molecule has 9 heteroatoms. The quantitative estimate of drug-likeness (QED) is 0.654. The molecule has 156 valence electrons. The minimum absolute atomic E-state index is 0.0264. The standard InChI is InChI=1S/C21H22FN5O2S/c22-16-4-1-3-15(13-16)14-24-18(28)6-7-19(29)26-9-11-27(12-10-26)21-25-17-5-2-8-23-20(17)30-21/h1-5,8,13H,6-7,9-12,14H2,(H,24,28). The van der Waals surface area contributed by atoms with Crippen LogP contribution in [0.25, 0.3) is 10.3 Å². The van der Waals surface area contributed by atoms with Crippen molar-refractivity contribution in [2.45, 2.75) is 19.4 Å². The first kappa shape index (κ1) is 20.2. The summed E-state index contributed by atoms with van der Waals surface area (Å²) >= 11 is 1.56. The minimum Gasteiger partial charge on any atom is -0.352 e. The van der Waals surface area contributed by atoms with Gasteiger partial charge in [0, 0.05) is 51.8 Å². The highest BCUT2D eigenvalue weighted by molar-refractivity contribution is 7.21. The highest BCUT2D eigenvalue weighted by Crippen LogP contribution is 2.27. The molecule has 1 aromatic carbocycles. The van der Waals surface area contributed by atoms with E-state index in [4.69, 9.17) is 0 Å². The number of hydrogen-bond donors (Lipinski definition) is 1. The number of nitrogens with one attached hydrogen (secondary N) is 1. The van der Waals surface area contributed by atoms with Gasteiger partial charge in [0.1, 0.15) is 16.2 Å². The number of piperazine rings is 1. The van der Waals surface area contributed by atoms with E-state index in [1.165, 1.54) is 12.1 Å². The van der Waals surface area contributed by atoms with Crippen molar-refractivity contribution in [3.8, 4) is 0 Å². The van der Waals surface area contributed by atoms with Crippen LogP contribution in [0.15, 0.2) is 42.6 Å². The molecule has 3 heterocycles. The van der Waals surface area contributed by atoms with E-state index in [2.05, 4.69) is 20.2 Å². The Morgan fingerprint density at radius 3 is 2.70 bits per heavy atom. The minimum atomic E-state index is -0.335. The summed E-state index contributed by atoms with van der Waals surface area (Å²) in [7, 11) is 0. The highest BCUT2D eigenvalue weighted by atomic mass is 32.1. The lowest BCUT2D eigenvalue weighted by atomic mass is 10.2. The molecule has 1 aliphatic heterocycles. The second kappa shape index (κ2) is 9.17. The predicted molar refractivity (Wildman–Crippen MR) is 114 cm³/mol. The van der Waals surface area contributed by atoms with E-state index in [1.807, 2.05) is 12.1 Å². The molecule has 1 saturated heterocycles. The highest BCUT2D eigenvalue weighted by Gasteiger charge is 2.23. The van der Waals surface area contributed by atoms with E-state index in [0.717, 1.165) is 15.5 Å². The van der Waals surface area contributed by atoms with Gasteiger partial charge in [-0.15, -0.1) is 0 Å². The van der Waals surface area contributed by atoms with Gasteiger partial charge in [-0.25, -0.2) is 14.4 Å². The Morgan fingerprint density at radius 1 is 1.10 bits per heavy atom. The molecule has 2 amide bonds. The third kappa shape index (κ3) is 4.91. The maximum Gasteiger partial charge on any atom is 0.223 e. The van der Waals surface area contributed by atoms with Crippen LogP contribution >= 0.6 is 11.3 Å². The van der Waals surface area contributed by atoms with Crippen molar-refractivity contribution >= 4 is 38.6 Å². The van der Waals surface area contributed by atoms with Gasteiger partial charge < -0.3 is 15.1 Å². The van der Waals surface area contributed by atoms with Gasteiger partial charge in [-0.2, -0.15) is 0 Å². The van der Waals surface area contributed by atoms with Crippen LogP contribution in [0.5, 0.6) is 0 Å². The predicted octanol–water partition coefficient (Wildman–Crippen LogP) is 2.58. The van der Waals surface area contributed by atoms with Crippen LogP contribution in [0.3, 0.4) is 0 Å². The molecule has 2 aromatic heterocycles. The van der Waals surface area contributed by atoms with Gasteiger partial charge in [-0.1, -0.05) is 23.5 Å². The first-order valence-electron chi connectivity index (χ1n) is 9.84. The number of thiazole rings is 1. The van der Waals surface area contributed by atoms with Crippen molar-refractivity contribution in [1.29, 1.82) is 0 Å². The van der Waals surface area contributed by atoms with Crippen molar-refractivity contribution < 1.29 is 14.0 Å². The number of carbonyl (C=O) groups excluding carboxylic acids is 2. The van der Waals surface area contributed by atoms with E-state index in [1.54, 1.807) is 34.6 Å². The van der Waals surface area contributed by atoms with Crippen molar-refractivity contribution in [1.82, 2.24) is 20.2 Å². The Labute approximate surface area is 177 Å². The lowest BCUT2D eigenvalue weighted by Crippen LogP contribution is -2.48. The van der Waals surface area contributed by atoms with Gasteiger partial charge >= 0.3 is 0 Å². The lowest BCUT2D eigenvalue weighted by molar-refractivity contribution is -0.133. The monoisotopic (exact) mass is 427 g/mol. The third-order valence-electron chi connectivity index (χ3n) is 5.00. The summed E-state index contributed by atoms with van der Waals surface area (Å²) in [6.45, 7) is 2.87. The summed E-state index contributed by atoms with van der Waals surface area (Å²) in [5, 5.41) is 3.65. The van der Waals surface area contributed by atoms with Crippen molar-refractivity contribution in [2.75, 3.05) is 31.1 Å². The lowest BCUT2D eigenvalue weighted by Gasteiger charge is -2.34. The van der Waals surface area contributed by atoms with Crippen LogP contribution in [-0.4, -0.2) is 52.9 Å². The fourth-order valence-corrected chi connectivity index (χ4v) is 4.32. The van der Waals surface area contributed by atoms with Crippen LogP contribution in [-0.2, 0) is 16.1 Å². The summed E-state index contributed by atoms with van der Waals surface area (Å²) in [5.74, 6) is -0.576. The number of carbonyl (C=O) groups is 2. The first-order chi connectivity index (χ1) is 14.6. The van der Waals surface area contributed by atoms with E-state index in [-0.39, 0.29) is 37.0 Å². The van der Waals surface area contributed by atoms with Crippen LogP contribution in [0.2, 0.25) is 0 Å². The number of nitrogens with zero attached hydrogens (tertiary/aromatic N) is 4. The normalized spacial score (nSPS) is 14.2. The summed E-state index contributed by atoms with van der Waals surface area (Å²) in [6, 6.07) is 9.91. The molecule has 0 bridgehead atoms. The Morgan fingerprint density at radius 2 is 1.93 bits per heavy atom. The number of anilines is 1. The zero-order valence-electron chi connectivity index (χ0n) is 16.4. The van der Waals surface area contributed by atoms with Crippen LogP contribution in [0.4, 0.5) is 9.52 Å². The Bertz CT molecular complexity index is 1020. The molecule has 0 aliphatic carbocycles. The maximum atomic E-state index is 13.2. The zero-order valence-corrected chi connectivity index (χ0v) is 17.2. The average Bonchev–Trinajstić information content (AvgIpc) is 3.20. The summed E-state index contributed by atoms with van der Waals surface area (Å²) in [5.41, 5.74) is 1.58. The second-order valence-corrected chi connectivity index (χ2v) is 8.05. The fourth-order valence-electron chi connectivity index (χ4n) is 3.36. The van der Waals surface area contributed by atoms with E-state index >= 15 is 0 Å². The van der Waals surface area contributed by atoms with Crippen molar-refractivity contribution in [2.24, 2.45) is 0 Å². The summed E-state index contributed by atoms with van der Waals surface area (Å²) in [6.07, 6.45) is 2.05. The average molecular weight is 428 g/mol. The molecule has 0 atom stereocenters. The molecule has 1 aliphatic rings. The number of amides is 2. The zero-order chi connectivity index (χ0) is 20.9. The Kier molecular flexibility index (Phi) is 6.18. The number of rotatable bonds is 6. The second-order valence-electron chi connectivity index (χ2n) is 7.10. The summed E-state index contributed by atoms with van der Waals surface area (Å²) in [4.78, 5) is 38.3. The van der Waals surface area contributed by atoms with E-state index in [9.17, 15) is 14.0 Å². The van der Waals surface area contributed by atoms with Crippen LogP contribution < -0.4 is 10.2 Å². The van der Waals surface area contributed by atoms with Crippen LogP contribution in [0, 0.1) is 5.82 Å². The first-order valence-corrected chi connectivity index (χ1v) is 10.7. The van der Waals surface area contributed by atoms with Gasteiger partial charge in [-0.05, 0) is 29.8 Å². The van der Waals surface area contributed by atoms with Gasteiger partial charge in [0.25, 0.3) is 0 Å². The van der Waals surface area contributed by atoms with E-state index < -0.39 is 0 Å². The molecule has 0 saturated carbocycles. The van der Waals surface area contributed by atoms with Gasteiger partial charge in [0.15, 0.2) is 5.13 Å². The van der Waals surface area contributed by atoms with Gasteiger partial charge in [0.05, 0.1) is 0 Å². The largest absolute Gasteiger partial charge is 0.352 e. The molecule has 0 spiro atoms. The van der Waals surface area contributed by atoms with Gasteiger partial charge in [-0.3, -0.25) is 9.59 Å². The molecule has 7 nitrogen and oxygen atoms in total. The smallest absolute Gasteiger partial charge is 0.223 e. The molecule has 30 heavy (non-hydrogen) atoms. The molecule has 0 radical (unpaired) electrons.